The molecule has 1 aromatic rings. The van der Waals surface area contributed by atoms with E-state index < -0.39 is 31.6 Å². The second-order valence-electron chi connectivity index (χ2n) is 5.11. The van der Waals surface area contributed by atoms with E-state index in [0.717, 1.165) is 0 Å². The molecule has 1 aliphatic rings. The van der Waals surface area contributed by atoms with Crippen molar-refractivity contribution in [3.05, 3.63) is 18.2 Å². The predicted molar refractivity (Wildman–Crippen MR) is 89.9 cm³/mol. The Balaban J connectivity index is 2.36. The summed E-state index contributed by atoms with van der Waals surface area (Å²) in [4.78, 5) is 15.6. The number of esters is 1. The van der Waals surface area contributed by atoms with Gasteiger partial charge in [0.25, 0.3) is 0 Å². The molecular weight excluding hydrogens is 356 g/mol. The molecule has 1 N–H and O–H groups in total. The van der Waals surface area contributed by atoms with Gasteiger partial charge in [0.05, 0.1) is 35.1 Å². The van der Waals surface area contributed by atoms with Gasteiger partial charge in [-0.05, 0) is 32.0 Å². The van der Waals surface area contributed by atoms with E-state index in [1.165, 1.54) is 25.1 Å². The van der Waals surface area contributed by atoms with Crippen molar-refractivity contribution >= 4 is 42.9 Å². The van der Waals surface area contributed by atoms with Gasteiger partial charge in [-0.3, -0.25) is 14.5 Å². The Kier molecular flexibility index (Phi) is 5.29. The van der Waals surface area contributed by atoms with Crippen LogP contribution in [-0.4, -0.2) is 46.6 Å². The predicted octanol–water partition coefficient (Wildman–Crippen LogP) is 1.26. The molecular formula is C14H18N2O6S2. The number of aliphatic imine (C=N–C) groups is 1. The van der Waals surface area contributed by atoms with E-state index in [1.807, 2.05) is 0 Å². The van der Waals surface area contributed by atoms with E-state index in [9.17, 15) is 21.6 Å². The third kappa shape index (κ3) is 4.32. The normalized spacial score (nSPS) is 16.0. The second kappa shape index (κ2) is 6.89. The minimum absolute atomic E-state index is 0.0635. The first-order valence-electron chi connectivity index (χ1n) is 7.26. The molecule has 0 spiro atoms. The number of fused-ring (bicyclic) bond motifs is 1. The fourth-order valence-electron chi connectivity index (χ4n) is 2.14. The molecule has 2 rings (SSSR count). The third-order valence-electron chi connectivity index (χ3n) is 3.24. The highest BCUT2D eigenvalue weighted by Gasteiger charge is 2.28. The number of sulfonamides is 1. The number of hydrogen-bond acceptors (Lipinski definition) is 7. The van der Waals surface area contributed by atoms with Gasteiger partial charge >= 0.3 is 5.97 Å². The molecule has 0 saturated carbocycles. The molecule has 0 radical (unpaired) electrons. The summed E-state index contributed by atoms with van der Waals surface area (Å²) in [5.74, 6) is -1.07. The van der Waals surface area contributed by atoms with Crippen molar-refractivity contribution in [2.45, 2.75) is 25.2 Å². The van der Waals surface area contributed by atoms with Gasteiger partial charge in [0.15, 0.2) is 9.84 Å². The molecule has 132 valence electrons. The van der Waals surface area contributed by atoms with Crippen LogP contribution in [0.4, 0.5) is 11.4 Å². The van der Waals surface area contributed by atoms with Crippen molar-refractivity contribution in [3.63, 3.8) is 0 Å². The van der Waals surface area contributed by atoms with Gasteiger partial charge in [0.1, 0.15) is 0 Å². The lowest BCUT2D eigenvalue weighted by Gasteiger charge is -2.17. The summed E-state index contributed by atoms with van der Waals surface area (Å²) < 4.78 is 55.1. The first kappa shape index (κ1) is 18.4. The van der Waals surface area contributed by atoms with Crippen LogP contribution in [-0.2, 0) is 29.4 Å². The van der Waals surface area contributed by atoms with E-state index in [2.05, 4.69) is 9.71 Å². The molecule has 8 nitrogen and oxygen atoms in total. The van der Waals surface area contributed by atoms with Gasteiger partial charge in [-0.2, -0.15) is 0 Å². The quantitative estimate of drug-likeness (QED) is 0.749. The average molecular weight is 374 g/mol. The number of benzene rings is 1. The first-order chi connectivity index (χ1) is 11.2. The zero-order valence-corrected chi connectivity index (χ0v) is 14.9. The molecule has 0 saturated heterocycles. The Labute approximate surface area is 140 Å². The third-order valence-corrected chi connectivity index (χ3v) is 6.25. The minimum Gasteiger partial charge on any atom is -0.466 e. The summed E-state index contributed by atoms with van der Waals surface area (Å²) in [6.07, 6.45) is -0.198. The number of carbonyl (C=O) groups is 1. The van der Waals surface area contributed by atoms with Crippen LogP contribution in [0.25, 0.3) is 0 Å². The van der Waals surface area contributed by atoms with Crippen molar-refractivity contribution < 1.29 is 26.4 Å². The lowest BCUT2D eigenvalue weighted by Crippen LogP contribution is -2.24. The Hall–Kier alpha value is -1.94. The van der Waals surface area contributed by atoms with E-state index >= 15 is 0 Å². The molecule has 1 heterocycles. The van der Waals surface area contributed by atoms with Crippen molar-refractivity contribution in [2.24, 2.45) is 4.99 Å². The SMILES string of the molecule is CCOC(=O)CC1=Nc2ccc(NS(=O)(=O)CC)cc2S(=O)(=O)C1. The first-order valence-corrected chi connectivity index (χ1v) is 10.6. The molecule has 0 amide bonds. The van der Waals surface area contributed by atoms with Gasteiger partial charge in [-0.15, -0.1) is 0 Å². The van der Waals surface area contributed by atoms with Crippen LogP contribution in [0.5, 0.6) is 0 Å². The topological polar surface area (TPSA) is 119 Å². The summed E-state index contributed by atoms with van der Waals surface area (Å²) >= 11 is 0. The van der Waals surface area contributed by atoms with Crippen LogP contribution in [0, 0.1) is 0 Å². The average Bonchev–Trinajstić information content (AvgIpc) is 2.47. The zero-order valence-electron chi connectivity index (χ0n) is 13.3. The Morgan fingerprint density at radius 3 is 2.67 bits per heavy atom. The van der Waals surface area contributed by atoms with Crippen LogP contribution in [0.3, 0.4) is 0 Å². The van der Waals surface area contributed by atoms with Crippen LogP contribution in [0.2, 0.25) is 0 Å². The van der Waals surface area contributed by atoms with Crippen LogP contribution in [0.1, 0.15) is 20.3 Å². The van der Waals surface area contributed by atoms with E-state index in [4.69, 9.17) is 4.74 Å². The van der Waals surface area contributed by atoms with E-state index in [0.29, 0.717) is 0 Å². The summed E-state index contributed by atoms with van der Waals surface area (Å²) in [6.45, 7) is 3.34. The van der Waals surface area contributed by atoms with Crippen molar-refractivity contribution in [2.75, 3.05) is 22.8 Å². The van der Waals surface area contributed by atoms with E-state index in [-0.39, 0.29) is 40.8 Å². The smallest absolute Gasteiger partial charge is 0.311 e. The van der Waals surface area contributed by atoms with E-state index in [1.54, 1.807) is 6.92 Å². The number of rotatable bonds is 6. The van der Waals surface area contributed by atoms with Crippen molar-refractivity contribution in [1.29, 1.82) is 0 Å². The number of nitrogens with zero attached hydrogens (tertiary/aromatic N) is 1. The summed E-state index contributed by atoms with van der Waals surface area (Å²) in [6, 6.07) is 4.07. The lowest BCUT2D eigenvalue weighted by atomic mass is 10.2. The number of hydrogen-bond donors (Lipinski definition) is 1. The molecule has 10 heteroatoms. The molecule has 24 heavy (non-hydrogen) atoms. The van der Waals surface area contributed by atoms with Gasteiger partial charge in [0.2, 0.25) is 10.0 Å². The minimum atomic E-state index is -3.71. The fraction of sp³-hybridized carbons (Fsp3) is 0.429. The number of ether oxygens (including phenoxy) is 1. The number of anilines is 1. The highest BCUT2D eigenvalue weighted by atomic mass is 32.2. The molecule has 0 atom stereocenters. The maximum absolute atomic E-state index is 12.4. The van der Waals surface area contributed by atoms with Gasteiger partial charge < -0.3 is 4.74 Å². The second-order valence-corrected chi connectivity index (χ2v) is 9.08. The van der Waals surface area contributed by atoms with Crippen molar-refractivity contribution in [3.8, 4) is 0 Å². The molecule has 0 fully saturated rings. The van der Waals surface area contributed by atoms with Gasteiger partial charge in [-0.1, -0.05) is 0 Å². The maximum Gasteiger partial charge on any atom is 0.311 e. The molecule has 1 aromatic carbocycles. The standard InChI is InChI=1S/C14H18N2O6S2/c1-3-22-14(17)8-11-9-23(18,19)13-7-10(5-6-12(13)15-11)16-24(20,21)4-2/h5-7,16H,3-4,8-9H2,1-2H3. The highest BCUT2D eigenvalue weighted by molar-refractivity contribution is 7.93. The van der Waals surface area contributed by atoms with Gasteiger partial charge in [-0.25, -0.2) is 16.8 Å². The molecule has 1 aliphatic heterocycles. The number of sulfone groups is 1. The van der Waals surface area contributed by atoms with Crippen LogP contribution in [0.15, 0.2) is 28.1 Å². The monoisotopic (exact) mass is 374 g/mol. The lowest BCUT2D eigenvalue weighted by molar-refractivity contribution is -0.141. The zero-order chi connectivity index (χ0) is 18.0. The number of carbonyl (C=O) groups excluding carboxylic acids is 1. The highest BCUT2D eigenvalue weighted by Crippen LogP contribution is 2.33. The van der Waals surface area contributed by atoms with Gasteiger partial charge in [0, 0.05) is 11.4 Å². The number of nitrogens with one attached hydrogen (secondary N) is 1. The summed E-state index contributed by atoms with van der Waals surface area (Å²) in [7, 11) is -7.22. The molecule has 0 unspecified atom stereocenters. The maximum atomic E-state index is 12.4. The molecule has 0 aromatic heterocycles. The Morgan fingerprint density at radius 2 is 2.04 bits per heavy atom. The van der Waals surface area contributed by atoms with Crippen LogP contribution < -0.4 is 4.72 Å². The molecule has 0 aliphatic carbocycles. The Bertz CT molecular complexity index is 888. The van der Waals surface area contributed by atoms with Crippen molar-refractivity contribution in [1.82, 2.24) is 0 Å². The summed E-state index contributed by atoms with van der Waals surface area (Å²) in [5, 5.41) is 0. The molecule has 0 bridgehead atoms. The Morgan fingerprint density at radius 1 is 1.33 bits per heavy atom. The fourth-order valence-corrected chi connectivity index (χ4v) is 4.27. The van der Waals surface area contributed by atoms with Crippen LogP contribution >= 0.6 is 0 Å². The summed E-state index contributed by atoms with van der Waals surface area (Å²) in [5.41, 5.74) is 0.533. The largest absolute Gasteiger partial charge is 0.466 e.